The number of carbonyl (C=O) groups is 2. The van der Waals surface area contributed by atoms with Gasteiger partial charge in [0.15, 0.2) is 5.65 Å². The third-order valence-corrected chi connectivity index (χ3v) is 6.78. The minimum Gasteiger partial charge on any atom is -0.364 e. The molecule has 2 N–H and O–H groups in total. The van der Waals surface area contributed by atoms with Gasteiger partial charge in [0.25, 0.3) is 5.91 Å². The number of primary amides is 1. The fraction of sp³-hybridized carbons (Fsp3) is 0.478. The first-order valence-electron chi connectivity index (χ1n) is 11.9. The normalized spacial score (nSPS) is 19.1. The lowest BCUT2D eigenvalue weighted by Gasteiger charge is -2.35. The summed E-state index contributed by atoms with van der Waals surface area (Å²) < 4.78 is 40.1. The van der Waals surface area contributed by atoms with Crippen molar-refractivity contribution < 1.29 is 22.8 Å². The first-order valence-corrected chi connectivity index (χ1v) is 11.9. The number of pyridine rings is 1. The summed E-state index contributed by atoms with van der Waals surface area (Å²) in [5, 5.41) is 0. The molecule has 2 aliphatic rings. The van der Waals surface area contributed by atoms with Crippen molar-refractivity contribution in [2.45, 2.75) is 19.1 Å². The second-order valence-corrected chi connectivity index (χ2v) is 9.33. The van der Waals surface area contributed by atoms with Gasteiger partial charge in [0.05, 0.1) is 18.4 Å². The molecule has 2 amide bonds. The van der Waals surface area contributed by atoms with Crippen LogP contribution in [0.3, 0.4) is 0 Å². The van der Waals surface area contributed by atoms with E-state index in [9.17, 15) is 22.8 Å². The van der Waals surface area contributed by atoms with Crippen LogP contribution < -0.4 is 10.6 Å². The number of nitrogens with zero attached hydrogens (tertiary/aromatic N) is 8. The zero-order chi connectivity index (χ0) is 26.2. The standard InChI is InChI=1S/C23H26F3N9O2/c24-23(25,26)16-9-28-22(29-10-16)34-7-5-33(6-8-34)19(36)13-32-4-3-15(11-32)12-35-14-30-18-2-1-17(20(27)37)31-21(18)35/h1-2,9-10,14-15H,3-8,11-13H2,(H2,27,37). The van der Waals surface area contributed by atoms with Crippen molar-refractivity contribution in [1.82, 2.24) is 34.3 Å². The molecule has 2 fully saturated rings. The maximum atomic E-state index is 12.9. The van der Waals surface area contributed by atoms with E-state index in [4.69, 9.17) is 5.73 Å². The average molecular weight is 518 g/mol. The molecule has 3 aromatic rings. The number of carbonyl (C=O) groups excluding carboxylic acids is 2. The van der Waals surface area contributed by atoms with Crippen LogP contribution in [0, 0.1) is 5.92 Å². The number of hydrogen-bond donors (Lipinski definition) is 1. The van der Waals surface area contributed by atoms with Crippen molar-refractivity contribution in [1.29, 1.82) is 0 Å². The zero-order valence-corrected chi connectivity index (χ0v) is 19.9. The number of amides is 2. The summed E-state index contributed by atoms with van der Waals surface area (Å²) in [7, 11) is 0. The highest BCUT2D eigenvalue weighted by atomic mass is 19.4. The predicted octanol–water partition coefficient (Wildman–Crippen LogP) is 1.01. The first kappa shape index (κ1) is 24.9. The number of halogens is 3. The molecular weight excluding hydrogens is 491 g/mol. The summed E-state index contributed by atoms with van der Waals surface area (Å²) in [5.41, 5.74) is 5.96. The fourth-order valence-electron chi connectivity index (χ4n) is 4.77. The molecule has 2 aliphatic heterocycles. The Hall–Kier alpha value is -3.81. The van der Waals surface area contributed by atoms with Crippen LogP contribution in [0.25, 0.3) is 11.2 Å². The Morgan fingerprint density at radius 3 is 2.43 bits per heavy atom. The van der Waals surface area contributed by atoms with Crippen LogP contribution in [0.15, 0.2) is 30.9 Å². The van der Waals surface area contributed by atoms with E-state index in [1.807, 2.05) is 4.57 Å². The number of piperazine rings is 1. The number of fused-ring (bicyclic) bond motifs is 1. The fourth-order valence-corrected chi connectivity index (χ4v) is 4.77. The molecule has 11 nitrogen and oxygen atoms in total. The smallest absolute Gasteiger partial charge is 0.364 e. The summed E-state index contributed by atoms with van der Waals surface area (Å²) in [6.45, 7) is 4.33. The maximum Gasteiger partial charge on any atom is 0.419 e. The number of nitrogens with two attached hydrogens (primary N) is 1. The number of anilines is 1. The van der Waals surface area contributed by atoms with E-state index in [-0.39, 0.29) is 17.5 Å². The third-order valence-electron chi connectivity index (χ3n) is 6.78. The van der Waals surface area contributed by atoms with E-state index in [0.717, 1.165) is 31.9 Å². The summed E-state index contributed by atoms with van der Waals surface area (Å²) in [5.74, 6) is -0.0349. The van der Waals surface area contributed by atoms with Gasteiger partial charge in [-0.3, -0.25) is 14.5 Å². The lowest BCUT2D eigenvalue weighted by Crippen LogP contribution is -2.51. The van der Waals surface area contributed by atoms with E-state index in [0.29, 0.717) is 56.4 Å². The minimum atomic E-state index is -4.48. The Labute approximate surface area is 210 Å². The number of aromatic nitrogens is 5. The highest BCUT2D eigenvalue weighted by Crippen LogP contribution is 2.28. The number of imidazole rings is 1. The minimum absolute atomic E-state index is 0.0227. The molecule has 37 heavy (non-hydrogen) atoms. The van der Waals surface area contributed by atoms with E-state index in [1.165, 1.54) is 0 Å². The lowest BCUT2D eigenvalue weighted by molar-refractivity contribution is -0.138. The Morgan fingerprint density at radius 1 is 1.03 bits per heavy atom. The Kier molecular flexibility index (Phi) is 6.67. The number of rotatable bonds is 6. The molecule has 5 rings (SSSR count). The van der Waals surface area contributed by atoms with Gasteiger partial charge in [0.1, 0.15) is 11.2 Å². The van der Waals surface area contributed by atoms with E-state index < -0.39 is 17.6 Å². The molecule has 0 radical (unpaired) electrons. The van der Waals surface area contributed by atoms with Gasteiger partial charge in [-0.2, -0.15) is 13.2 Å². The van der Waals surface area contributed by atoms with Crippen molar-refractivity contribution in [3.63, 3.8) is 0 Å². The van der Waals surface area contributed by atoms with Gasteiger partial charge in [-0.1, -0.05) is 0 Å². The van der Waals surface area contributed by atoms with Crippen LogP contribution in [-0.4, -0.2) is 91.9 Å². The van der Waals surface area contributed by atoms with Crippen molar-refractivity contribution in [2.24, 2.45) is 11.7 Å². The van der Waals surface area contributed by atoms with Gasteiger partial charge in [-0.05, 0) is 31.0 Å². The van der Waals surface area contributed by atoms with Gasteiger partial charge < -0.3 is 20.1 Å². The number of alkyl halides is 3. The van der Waals surface area contributed by atoms with Crippen molar-refractivity contribution in [3.05, 3.63) is 42.1 Å². The molecule has 1 atom stereocenters. The molecule has 0 aromatic carbocycles. The quantitative estimate of drug-likeness (QED) is 0.514. The van der Waals surface area contributed by atoms with E-state index in [1.54, 1.807) is 28.3 Å². The molecule has 0 aliphatic carbocycles. The first-order chi connectivity index (χ1) is 17.7. The van der Waals surface area contributed by atoms with Crippen LogP contribution in [-0.2, 0) is 17.5 Å². The maximum absolute atomic E-state index is 12.9. The van der Waals surface area contributed by atoms with Crippen molar-refractivity contribution >= 4 is 28.9 Å². The molecule has 2 saturated heterocycles. The summed E-state index contributed by atoms with van der Waals surface area (Å²) in [6, 6.07) is 3.28. The highest BCUT2D eigenvalue weighted by molar-refractivity contribution is 5.92. The molecule has 196 valence electrons. The summed E-state index contributed by atoms with van der Waals surface area (Å²) in [6.07, 6.45) is -0.292. The summed E-state index contributed by atoms with van der Waals surface area (Å²) >= 11 is 0. The second kappa shape index (κ2) is 9.92. The van der Waals surface area contributed by atoms with Gasteiger partial charge in [-0.15, -0.1) is 0 Å². The summed E-state index contributed by atoms with van der Waals surface area (Å²) in [4.78, 5) is 46.4. The largest absolute Gasteiger partial charge is 0.419 e. The van der Waals surface area contributed by atoms with Crippen molar-refractivity contribution in [3.8, 4) is 0 Å². The lowest BCUT2D eigenvalue weighted by atomic mass is 10.1. The van der Waals surface area contributed by atoms with E-state index >= 15 is 0 Å². The van der Waals surface area contributed by atoms with Crippen LogP contribution in [0.2, 0.25) is 0 Å². The number of hydrogen-bond acceptors (Lipinski definition) is 8. The molecular formula is C23H26F3N9O2. The molecule has 0 saturated carbocycles. The van der Waals surface area contributed by atoms with Crippen LogP contribution in [0.1, 0.15) is 22.5 Å². The Bertz CT molecular complexity index is 1290. The van der Waals surface area contributed by atoms with Crippen LogP contribution in [0.4, 0.5) is 19.1 Å². The molecule has 0 spiro atoms. The van der Waals surface area contributed by atoms with E-state index in [2.05, 4.69) is 24.8 Å². The molecule has 14 heteroatoms. The molecule has 1 unspecified atom stereocenters. The SMILES string of the molecule is NC(=O)c1ccc2ncn(CC3CCN(CC(=O)N4CCN(c5ncc(C(F)(F)F)cn5)CC4)C3)c2n1. The van der Waals surface area contributed by atoms with Crippen molar-refractivity contribution in [2.75, 3.05) is 50.7 Å². The zero-order valence-electron chi connectivity index (χ0n) is 19.9. The van der Waals surface area contributed by atoms with Crippen LogP contribution in [0.5, 0.6) is 0 Å². The monoisotopic (exact) mass is 517 g/mol. The molecule has 3 aromatic heterocycles. The van der Waals surface area contributed by atoms with Gasteiger partial charge >= 0.3 is 6.18 Å². The van der Waals surface area contributed by atoms with Gasteiger partial charge in [-0.25, -0.2) is 19.9 Å². The second-order valence-electron chi connectivity index (χ2n) is 9.33. The Morgan fingerprint density at radius 2 is 1.76 bits per heavy atom. The predicted molar refractivity (Wildman–Crippen MR) is 126 cm³/mol. The molecule has 0 bridgehead atoms. The number of likely N-dealkylation sites (tertiary alicyclic amines) is 1. The highest BCUT2D eigenvalue weighted by Gasteiger charge is 2.32. The average Bonchev–Trinajstić information content (AvgIpc) is 3.50. The molecule has 5 heterocycles. The third kappa shape index (κ3) is 5.48. The Balaban J connectivity index is 1.11. The topological polar surface area (TPSA) is 126 Å². The van der Waals surface area contributed by atoms with Gasteiger partial charge in [0, 0.05) is 51.7 Å². The van der Waals surface area contributed by atoms with Gasteiger partial charge in [0.2, 0.25) is 11.9 Å². The van der Waals surface area contributed by atoms with Crippen LogP contribution >= 0.6 is 0 Å².